The van der Waals surface area contributed by atoms with Crippen LogP contribution in [0.2, 0.25) is 0 Å². The Morgan fingerprint density at radius 3 is 1.40 bits per heavy atom. The van der Waals surface area contributed by atoms with Crippen LogP contribution in [-0.4, -0.2) is 48.9 Å². The molecule has 0 saturated heterocycles. The van der Waals surface area contributed by atoms with Crippen LogP contribution >= 0.6 is 0 Å². The molecule has 9 nitrogen and oxygen atoms in total. The van der Waals surface area contributed by atoms with Crippen LogP contribution in [0.25, 0.3) is 0 Å². The van der Waals surface area contributed by atoms with Crippen molar-refractivity contribution in [2.24, 2.45) is 0 Å². The van der Waals surface area contributed by atoms with Crippen LogP contribution in [0.1, 0.15) is 93.6 Å². The van der Waals surface area contributed by atoms with E-state index in [1.54, 1.807) is 12.1 Å². The lowest BCUT2D eigenvalue weighted by Gasteiger charge is -2.38. The van der Waals surface area contributed by atoms with Gasteiger partial charge in [0.15, 0.2) is 5.78 Å². The maximum atomic E-state index is 13.6. The van der Waals surface area contributed by atoms with Crippen molar-refractivity contribution < 1.29 is 44.7 Å². The summed E-state index contributed by atoms with van der Waals surface area (Å²) in [6.07, 6.45) is 0. The fourth-order valence-electron chi connectivity index (χ4n) is 6.04. The number of hydrogen-bond acceptors (Lipinski definition) is 8. The molecule has 0 amide bonds. The van der Waals surface area contributed by atoms with Crippen LogP contribution in [0, 0.1) is 0 Å². The summed E-state index contributed by atoms with van der Waals surface area (Å²) in [5.74, 6) is -6.98. The molecule has 0 fully saturated rings. The van der Waals surface area contributed by atoms with E-state index in [2.05, 4.69) is 0 Å². The molecule has 0 aliphatic heterocycles. The Labute approximate surface area is 226 Å². The number of aromatic carboxylic acids is 1. The van der Waals surface area contributed by atoms with Gasteiger partial charge in [0, 0.05) is 17.4 Å². The zero-order chi connectivity index (χ0) is 28.6. The first-order valence-corrected chi connectivity index (χ1v) is 12.2. The number of carboxylic acids is 1. The molecule has 0 saturated carbocycles. The molecule has 0 radical (unpaired) electrons. The van der Waals surface area contributed by atoms with Gasteiger partial charge in [-0.15, -0.1) is 0 Å². The number of carboxylic acid groups (broad SMARTS) is 1. The number of rotatable bonds is 3. The molecule has 0 aromatic heterocycles. The molecule has 2 aliphatic rings. The van der Waals surface area contributed by atoms with Gasteiger partial charge in [0.1, 0.15) is 23.0 Å². The minimum absolute atomic E-state index is 0.100. The number of carbonyl (C=O) groups excluding carboxylic acids is 3. The minimum Gasteiger partial charge on any atom is -0.507 e. The molecule has 198 valence electrons. The van der Waals surface area contributed by atoms with Crippen LogP contribution in [0.5, 0.6) is 23.0 Å². The van der Waals surface area contributed by atoms with Crippen molar-refractivity contribution in [3.8, 4) is 23.0 Å². The number of Topliss-reactive ketones (excluding diaryl/α,β-unsaturated/α-hetero) is 1. The third-order valence-electron chi connectivity index (χ3n) is 7.68. The lowest BCUT2D eigenvalue weighted by molar-refractivity contribution is 0.0695. The molecular weight excluding hydrogens is 516 g/mol. The fourth-order valence-corrected chi connectivity index (χ4v) is 6.04. The van der Waals surface area contributed by atoms with Crippen molar-refractivity contribution in [2.75, 3.05) is 0 Å². The average molecular weight is 536 g/mol. The Morgan fingerprint density at radius 1 is 0.575 bits per heavy atom. The van der Waals surface area contributed by atoms with E-state index in [1.807, 2.05) is 0 Å². The van der Waals surface area contributed by atoms with E-state index in [1.165, 1.54) is 43.3 Å². The molecule has 4 aromatic rings. The Hall–Kier alpha value is -5.44. The van der Waals surface area contributed by atoms with Crippen molar-refractivity contribution in [1.82, 2.24) is 0 Å². The fraction of sp³-hybridized carbons (Fsp3) is 0.0968. The monoisotopic (exact) mass is 536 g/mol. The largest absolute Gasteiger partial charge is 0.507 e. The zero-order valence-electron chi connectivity index (χ0n) is 20.8. The third kappa shape index (κ3) is 3.34. The summed E-state index contributed by atoms with van der Waals surface area (Å²) in [6, 6.07) is 13.6. The lowest BCUT2D eigenvalue weighted by atomic mass is 9.63. The van der Waals surface area contributed by atoms with Crippen molar-refractivity contribution in [2.45, 2.75) is 18.8 Å². The molecule has 4 aromatic carbocycles. The average Bonchev–Trinajstić information content (AvgIpc) is 2.89. The van der Waals surface area contributed by atoms with E-state index in [9.17, 15) is 44.7 Å². The normalized spacial score (nSPS) is 16.9. The highest BCUT2D eigenvalue weighted by Gasteiger charge is 2.45. The van der Waals surface area contributed by atoms with Gasteiger partial charge < -0.3 is 25.5 Å². The van der Waals surface area contributed by atoms with Crippen LogP contribution < -0.4 is 0 Å². The topological polar surface area (TPSA) is 169 Å². The number of phenols is 4. The second-order valence-corrected chi connectivity index (χ2v) is 9.88. The molecule has 5 N–H and O–H groups in total. The quantitative estimate of drug-likeness (QED) is 0.237. The van der Waals surface area contributed by atoms with Gasteiger partial charge in [-0.3, -0.25) is 14.4 Å². The zero-order valence-corrected chi connectivity index (χ0v) is 20.8. The second kappa shape index (κ2) is 8.54. The number of aromatic hydroxyl groups is 4. The Morgan fingerprint density at radius 2 is 0.975 bits per heavy atom. The molecule has 2 aliphatic carbocycles. The lowest BCUT2D eigenvalue weighted by Crippen LogP contribution is -2.30. The maximum Gasteiger partial charge on any atom is 0.335 e. The van der Waals surface area contributed by atoms with Gasteiger partial charge in [-0.05, 0) is 65.6 Å². The van der Waals surface area contributed by atoms with E-state index >= 15 is 0 Å². The predicted molar refractivity (Wildman–Crippen MR) is 140 cm³/mol. The second-order valence-electron chi connectivity index (χ2n) is 9.88. The summed E-state index contributed by atoms with van der Waals surface area (Å²) in [6.45, 7) is 1.29. The Bertz CT molecular complexity index is 1720. The summed E-state index contributed by atoms with van der Waals surface area (Å²) in [7, 11) is 0. The molecular formula is C31H20O9. The van der Waals surface area contributed by atoms with Crippen molar-refractivity contribution in [1.29, 1.82) is 0 Å². The predicted octanol–water partition coefficient (Wildman–Crippen LogP) is 4.46. The van der Waals surface area contributed by atoms with E-state index in [4.69, 9.17) is 0 Å². The molecule has 0 bridgehead atoms. The number of fused-ring (bicyclic) bond motifs is 4. The number of phenolic OH excluding ortho intramolecular Hbond substituents is 4. The van der Waals surface area contributed by atoms with E-state index < -0.39 is 46.7 Å². The van der Waals surface area contributed by atoms with Gasteiger partial charge in [0.2, 0.25) is 11.6 Å². The number of carbonyl (C=O) groups is 4. The van der Waals surface area contributed by atoms with Gasteiger partial charge in [-0.1, -0.05) is 24.3 Å². The van der Waals surface area contributed by atoms with Crippen LogP contribution in [0.4, 0.5) is 0 Å². The molecule has 6 rings (SSSR count). The van der Waals surface area contributed by atoms with Crippen molar-refractivity contribution >= 4 is 23.3 Å². The first kappa shape index (κ1) is 24.9. The number of ketones is 3. The van der Waals surface area contributed by atoms with Gasteiger partial charge in [-0.2, -0.15) is 0 Å². The standard InChI is InChI=1S/C31H20O9/c1-12(32)13-8-17-23(15-4-2-6-19(33)25(15)29(37)27(17)21(35)10-13)24-16-5-3-7-20(34)26(16)30(38)28-18(24)9-14(31(39)40)11-22(28)36/h2-11,23-24,33-36H,1H3,(H,39,40)/t23-,24+/m1/s1. The highest BCUT2D eigenvalue weighted by atomic mass is 16.4. The van der Waals surface area contributed by atoms with E-state index in [0.29, 0.717) is 0 Å². The van der Waals surface area contributed by atoms with Crippen LogP contribution in [0.3, 0.4) is 0 Å². The molecule has 0 spiro atoms. The first-order valence-electron chi connectivity index (χ1n) is 12.2. The third-order valence-corrected chi connectivity index (χ3v) is 7.68. The molecule has 9 heteroatoms. The SMILES string of the molecule is CC(=O)c1cc(O)c2c(c1)[C@H]([C@H]1c3cccc(O)c3C(=O)c3c(O)cc(C(=O)O)cc31)c1cccc(O)c1C2=O. The van der Waals surface area contributed by atoms with E-state index in [-0.39, 0.29) is 67.1 Å². The summed E-state index contributed by atoms with van der Waals surface area (Å²) in [5, 5.41) is 53.1. The van der Waals surface area contributed by atoms with Crippen molar-refractivity contribution in [3.63, 3.8) is 0 Å². The van der Waals surface area contributed by atoms with Gasteiger partial charge in [-0.25, -0.2) is 4.79 Å². The van der Waals surface area contributed by atoms with Crippen LogP contribution in [-0.2, 0) is 0 Å². The molecule has 2 atom stereocenters. The number of hydrogen-bond donors (Lipinski definition) is 5. The summed E-state index contributed by atoms with van der Waals surface area (Å²) in [5.41, 5.74) is 0.0447. The highest BCUT2D eigenvalue weighted by Crippen LogP contribution is 2.55. The smallest absolute Gasteiger partial charge is 0.335 e. The molecule has 40 heavy (non-hydrogen) atoms. The molecule has 0 unspecified atom stereocenters. The Kier molecular flexibility index (Phi) is 5.31. The maximum absolute atomic E-state index is 13.6. The molecule has 0 heterocycles. The minimum atomic E-state index is -1.36. The summed E-state index contributed by atoms with van der Waals surface area (Å²) in [4.78, 5) is 51.6. The van der Waals surface area contributed by atoms with Gasteiger partial charge in [0.25, 0.3) is 0 Å². The van der Waals surface area contributed by atoms with E-state index in [0.717, 1.165) is 12.1 Å². The Balaban J connectivity index is 1.79. The van der Waals surface area contributed by atoms with Gasteiger partial charge >= 0.3 is 5.97 Å². The highest BCUT2D eigenvalue weighted by molar-refractivity contribution is 6.18. The summed E-state index contributed by atoms with van der Waals surface area (Å²) < 4.78 is 0. The first-order chi connectivity index (χ1) is 19.0. The van der Waals surface area contributed by atoms with Crippen LogP contribution in [0.15, 0.2) is 60.7 Å². The number of benzene rings is 4. The summed E-state index contributed by atoms with van der Waals surface area (Å²) >= 11 is 0. The van der Waals surface area contributed by atoms with Crippen molar-refractivity contribution in [3.05, 3.63) is 116 Å². The van der Waals surface area contributed by atoms with Gasteiger partial charge in [0.05, 0.1) is 27.8 Å².